The van der Waals surface area contributed by atoms with Crippen LogP contribution in [0.5, 0.6) is 0 Å². The maximum Gasteiger partial charge on any atom is 0.329 e. The summed E-state index contributed by atoms with van der Waals surface area (Å²) in [5.74, 6) is -1.25. The number of rotatable bonds is 3. The van der Waals surface area contributed by atoms with E-state index in [1.54, 1.807) is 6.07 Å². The minimum atomic E-state index is -1.02. The minimum absolute atomic E-state index is 0.301. The lowest BCUT2D eigenvalue weighted by Gasteiger charge is -2.12. The molecule has 3 rings (SSSR count). The van der Waals surface area contributed by atoms with E-state index in [4.69, 9.17) is 5.11 Å². The molecule has 5 heteroatoms. The van der Waals surface area contributed by atoms with Crippen LogP contribution in [-0.2, 0) is 17.9 Å². The number of nitrogens with one attached hydrogen (secondary N) is 2. The number of carbonyl (C=O) groups excluding carboxylic acids is 1. The maximum atomic E-state index is 12.0. The molecular weight excluding hydrogens is 232 g/mol. The smallest absolute Gasteiger partial charge is 0.329 e. The average molecular weight is 246 g/mol. The van der Waals surface area contributed by atoms with Gasteiger partial charge in [0.1, 0.15) is 5.54 Å². The number of hydrogen-bond donors (Lipinski definition) is 3. The number of fused-ring (bicyclic) bond motifs is 1. The van der Waals surface area contributed by atoms with Crippen molar-refractivity contribution in [2.45, 2.75) is 31.5 Å². The van der Waals surface area contributed by atoms with Crippen molar-refractivity contribution in [3.05, 3.63) is 34.9 Å². The Morgan fingerprint density at radius 3 is 2.61 bits per heavy atom. The van der Waals surface area contributed by atoms with Crippen LogP contribution in [0.2, 0.25) is 0 Å². The molecule has 0 atom stereocenters. The molecule has 5 nitrogen and oxygen atoms in total. The second-order valence-corrected chi connectivity index (χ2v) is 4.93. The molecule has 1 amide bonds. The third kappa shape index (κ3) is 1.76. The van der Waals surface area contributed by atoms with Gasteiger partial charge in [-0.2, -0.15) is 0 Å². The van der Waals surface area contributed by atoms with Gasteiger partial charge >= 0.3 is 5.97 Å². The summed E-state index contributed by atoms with van der Waals surface area (Å²) in [5, 5.41) is 14.9. The molecule has 1 aliphatic heterocycles. The summed E-state index contributed by atoms with van der Waals surface area (Å²) >= 11 is 0. The zero-order valence-corrected chi connectivity index (χ0v) is 9.82. The number of carboxylic acids is 1. The van der Waals surface area contributed by atoms with E-state index in [0.717, 1.165) is 18.7 Å². The first-order valence-electron chi connectivity index (χ1n) is 5.99. The van der Waals surface area contributed by atoms with E-state index in [0.29, 0.717) is 18.4 Å². The van der Waals surface area contributed by atoms with Crippen LogP contribution in [0, 0.1) is 0 Å². The van der Waals surface area contributed by atoms with Crippen molar-refractivity contribution in [1.82, 2.24) is 10.6 Å². The van der Waals surface area contributed by atoms with Crippen LogP contribution in [0.15, 0.2) is 18.2 Å². The molecule has 2 aliphatic rings. The highest BCUT2D eigenvalue weighted by Gasteiger charge is 2.51. The van der Waals surface area contributed by atoms with E-state index >= 15 is 0 Å². The van der Waals surface area contributed by atoms with Crippen LogP contribution < -0.4 is 10.6 Å². The first-order chi connectivity index (χ1) is 8.61. The van der Waals surface area contributed by atoms with Crippen LogP contribution in [0.25, 0.3) is 0 Å². The van der Waals surface area contributed by atoms with Crippen molar-refractivity contribution < 1.29 is 14.7 Å². The first-order valence-corrected chi connectivity index (χ1v) is 5.99. The van der Waals surface area contributed by atoms with Crippen molar-refractivity contribution in [1.29, 1.82) is 0 Å². The molecule has 1 heterocycles. The van der Waals surface area contributed by atoms with Crippen molar-refractivity contribution in [2.24, 2.45) is 0 Å². The van der Waals surface area contributed by atoms with Crippen molar-refractivity contribution >= 4 is 11.9 Å². The number of aliphatic carboxylic acids is 1. The average Bonchev–Trinajstić information content (AvgIpc) is 2.98. The predicted molar refractivity (Wildman–Crippen MR) is 64.1 cm³/mol. The highest BCUT2D eigenvalue weighted by Crippen LogP contribution is 2.35. The Morgan fingerprint density at radius 1 is 1.22 bits per heavy atom. The van der Waals surface area contributed by atoms with E-state index in [2.05, 4.69) is 10.6 Å². The molecule has 1 fully saturated rings. The summed E-state index contributed by atoms with van der Waals surface area (Å²) in [4.78, 5) is 23.0. The Kier molecular flexibility index (Phi) is 2.38. The van der Waals surface area contributed by atoms with Crippen molar-refractivity contribution in [3.63, 3.8) is 0 Å². The minimum Gasteiger partial charge on any atom is -0.480 e. The highest BCUT2D eigenvalue weighted by molar-refractivity contribution is 5.99. The van der Waals surface area contributed by atoms with Crippen LogP contribution in [0.4, 0.5) is 0 Å². The lowest BCUT2D eigenvalue weighted by molar-refractivity contribution is -0.140. The van der Waals surface area contributed by atoms with E-state index in [-0.39, 0.29) is 5.91 Å². The SMILES string of the molecule is O=C(NC1(C(=O)O)CC1)c1ccc2c(c1)CNC2. The predicted octanol–water partition coefficient (Wildman–Crippen LogP) is 0.637. The molecule has 0 saturated heterocycles. The standard InChI is InChI=1S/C13H14N2O3/c16-11(15-13(3-4-13)12(17)18)8-1-2-9-6-14-7-10(9)5-8/h1-2,5,14H,3-4,6-7H2,(H,15,16)(H,17,18). The van der Waals surface area contributed by atoms with Gasteiger partial charge in [0.15, 0.2) is 0 Å². The van der Waals surface area contributed by atoms with E-state index < -0.39 is 11.5 Å². The fourth-order valence-corrected chi connectivity index (χ4v) is 2.24. The van der Waals surface area contributed by atoms with Gasteiger partial charge in [-0.15, -0.1) is 0 Å². The summed E-state index contributed by atoms with van der Waals surface area (Å²) < 4.78 is 0. The van der Waals surface area contributed by atoms with Gasteiger partial charge in [-0.1, -0.05) is 6.07 Å². The fourth-order valence-electron chi connectivity index (χ4n) is 2.24. The van der Waals surface area contributed by atoms with E-state index in [1.165, 1.54) is 5.56 Å². The third-order valence-corrected chi connectivity index (χ3v) is 3.61. The molecule has 1 aliphatic carbocycles. The number of benzene rings is 1. The fraction of sp³-hybridized carbons (Fsp3) is 0.385. The Hall–Kier alpha value is -1.88. The zero-order valence-electron chi connectivity index (χ0n) is 9.82. The number of hydrogen-bond acceptors (Lipinski definition) is 3. The quantitative estimate of drug-likeness (QED) is 0.731. The number of amides is 1. The summed E-state index contributed by atoms with van der Waals surface area (Å²) in [5.41, 5.74) is 1.83. The van der Waals surface area contributed by atoms with Gasteiger partial charge in [-0.05, 0) is 36.1 Å². The Labute approximate surface area is 104 Å². The molecule has 1 saturated carbocycles. The molecule has 94 valence electrons. The largest absolute Gasteiger partial charge is 0.480 e. The topological polar surface area (TPSA) is 78.4 Å². The molecular formula is C13H14N2O3. The first kappa shape index (κ1) is 11.2. The van der Waals surface area contributed by atoms with Gasteiger partial charge in [0.2, 0.25) is 0 Å². The van der Waals surface area contributed by atoms with Gasteiger partial charge in [0.25, 0.3) is 5.91 Å². The van der Waals surface area contributed by atoms with Gasteiger partial charge in [0, 0.05) is 18.7 Å². The second kappa shape index (κ2) is 3.81. The lowest BCUT2D eigenvalue weighted by Crippen LogP contribution is -2.43. The maximum absolute atomic E-state index is 12.0. The molecule has 1 aromatic rings. The van der Waals surface area contributed by atoms with Gasteiger partial charge in [-0.25, -0.2) is 4.79 Å². The Morgan fingerprint density at radius 2 is 1.94 bits per heavy atom. The summed E-state index contributed by atoms with van der Waals surface area (Å²) in [6.45, 7) is 1.59. The number of carboxylic acid groups (broad SMARTS) is 1. The Balaban J connectivity index is 1.79. The van der Waals surface area contributed by atoms with E-state index in [1.807, 2.05) is 12.1 Å². The molecule has 3 N–H and O–H groups in total. The van der Waals surface area contributed by atoms with Crippen LogP contribution in [0.3, 0.4) is 0 Å². The summed E-state index contributed by atoms with van der Waals surface area (Å²) in [6, 6.07) is 5.51. The molecule has 1 aromatic carbocycles. The second-order valence-electron chi connectivity index (χ2n) is 4.93. The molecule has 0 unspecified atom stereocenters. The molecule has 0 bridgehead atoms. The monoisotopic (exact) mass is 246 g/mol. The molecule has 0 radical (unpaired) electrons. The number of carbonyl (C=O) groups is 2. The summed E-state index contributed by atoms with van der Waals surface area (Å²) in [6.07, 6.45) is 1.03. The molecule has 0 aromatic heterocycles. The molecule has 0 spiro atoms. The summed E-state index contributed by atoms with van der Waals surface area (Å²) in [7, 11) is 0. The van der Waals surface area contributed by atoms with Gasteiger partial charge in [-0.3, -0.25) is 4.79 Å². The normalized spacial score (nSPS) is 19.1. The third-order valence-electron chi connectivity index (χ3n) is 3.61. The van der Waals surface area contributed by atoms with Crippen LogP contribution in [0.1, 0.15) is 34.3 Å². The van der Waals surface area contributed by atoms with Crippen molar-refractivity contribution in [2.75, 3.05) is 0 Å². The lowest BCUT2D eigenvalue weighted by atomic mass is 10.1. The highest BCUT2D eigenvalue weighted by atomic mass is 16.4. The van der Waals surface area contributed by atoms with Crippen molar-refractivity contribution in [3.8, 4) is 0 Å². The van der Waals surface area contributed by atoms with E-state index in [9.17, 15) is 9.59 Å². The van der Waals surface area contributed by atoms with Gasteiger partial charge < -0.3 is 15.7 Å². The zero-order chi connectivity index (χ0) is 12.8. The Bertz CT molecular complexity index is 535. The molecule has 18 heavy (non-hydrogen) atoms. The van der Waals surface area contributed by atoms with Crippen LogP contribution in [-0.4, -0.2) is 22.5 Å². The van der Waals surface area contributed by atoms with Gasteiger partial charge in [0.05, 0.1) is 0 Å². The van der Waals surface area contributed by atoms with Crippen LogP contribution >= 0.6 is 0 Å².